The van der Waals surface area contributed by atoms with Crippen molar-refractivity contribution in [1.29, 1.82) is 0 Å². The molecule has 1 aliphatic rings. The first kappa shape index (κ1) is 24.8. The van der Waals surface area contributed by atoms with Crippen LogP contribution in [0.25, 0.3) is 11.1 Å². The molecule has 0 saturated heterocycles. The Bertz CT molecular complexity index is 1610. The molecule has 10 heteroatoms. The van der Waals surface area contributed by atoms with Gasteiger partial charge in [-0.25, -0.2) is 0 Å². The van der Waals surface area contributed by atoms with E-state index in [1.165, 1.54) is 35.8 Å². The van der Waals surface area contributed by atoms with Crippen LogP contribution in [-0.2, 0) is 22.6 Å². The molecule has 0 spiro atoms. The topological polar surface area (TPSA) is 55.4 Å². The molecule has 2 aromatic heterocycles. The monoisotopic (exact) mass is 556 g/mol. The summed E-state index contributed by atoms with van der Waals surface area (Å²) in [5.41, 5.74) is 2.09. The van der Waals surface area contributed by atoms with Crippen molar-refractivity contribution in [2.24, 2.45) is 0 Å². The lowest BCUT2D eigenvalue weighted by molar-refractivity contribution is -0.685. The van der Waals surface area contributed by atoms with E-state index in [2.05, 4.69) is 16.7 Å². The zero-order chi connectivity index (χ0) is 25.2. The minimum absolute atomic E-state index is 0.116. The Labute approximate surface area is 225 Å². The molecule has 0 fully saturated rings. The number of ether oxygens (including phenoxy) is 1. The highest BCUT2D eigenvalue weighted by Gasteiger charge is 2.25. The predicted molar refractivity (Wildman–Crippen MR) is 147 cm³/mol. The second-order valence-corrected chi connectivity index (χ2v) is 11.6. The van der Waals surface area contributed by atoms with Crippen LogP contribution in [0.4, 0.5) is 5.69 Å². The first-order chi connectivity index (χ1) is 17.4. The highest BCUT2D eigenvalue weighted by atomic mass is 35.5. The maximum atomic E-state index is 13.7. The molecule has 0 N–H and O–H groups in total. The number of halogens is 1. The van der Waals surface area contributed by atoms with Gasteiger partial charge in [0.05, 0.1) is 30.7 Å². The molecule has 0 aliphatic carbocycles. The van der Waals surface area contributed by atoms with Gasteiger partial charge in [0.25, 0.3) is 10.6 Å². The first-order valence-electron chi connectivity index (χ1n) is 11.2. The smallest absolute Gasteiger partial charge is 0.307 e. The lowest BCUT2D eigenvalue weighted by Gasteiger charge is -2.12. The molecule has 0 saturated carbocycles. The van der Waals surface area contributed by atoms with E-state index in [1.807, 2.05) is 66.0 Å². The van der Waals surface area contributed by atoms with Crippen molar-refractivity contribution in [3.8, 4) is 0 Å². The minimum atomic E-state index is -0.349. The number of aromatic nitrogens is 2. The van der Waals surface area contributed by atoms with Crippen molar-refractivity contribution < 1.29 is 14.1 Å². The van der Waals surface area contributed by atoms with Crippen molar-refractivity contribution in [3.05, 3.63) is 95.3 Å². The van der Waals surface area contributed by atoms with E-state index in [9.17, 15) is 9.59 Å². The molecule has 5 rings (SSSR count). The zero-order valence-electron chi connectivity index (χ0n) is 19.6. The summed E-state index contributed by atoms with van der Waals surface area (Å²) in [6, 6.07) is 16.0. The fraction of sp³-hybridized carbons (Fsp3) is 0.192. The lowest BCUT2D eigenvalue weighted by Crippen LogP contribution is -2.36. The number of benzene rings is 2. The number of hydrogen-bond acceptors (Lipinski definition) is 7. The summed E-state index contributed by atoms with van der Waals surface area (Å²) in [6.07, 6.45) is 4.20. The number of methoxy groups -OCH3 is 1. The van der Waals surface area contributed by atoms with Crippen molar-refractivity contribution in [2.45, 2.75) is 24.4 Å². The van der Waals surface area contributed by atoms with Crippen molar-refractivity contribution in [1.82, 2.24) is 4.57 Å². The van der Waals surface area contributed by atoms with Gasteiger partial charge in [-0.3, -0.25) is 14.2 Å². The van der Waals surface area contributed by atoms with Gasteiger partial charge < -0.3 is 9.64 Å². The van der Waals surface area contributed by atoms with Crippen LogP contribution in [0, 0.1) is 0 Å². The van der Waals surface area contributed by atoms with Crippen LogP contribution in [-0.4, -0.2) is 24.7 Å². The molecular weight excluding hydrogens is 534 g/mol. The highest BCUT2D eigenvalue weighted by molar-refractivity contribution is 8.08. The molecule has 4 aromatic rings. The number of nitrogens with zero attached hydrogens (tertiary/aromatic N) is 3. The van der Waals surface area contributed by atoms with Gasteiger partial charge in [-0.15, -0.1) is 11.3 Å². The van der Waals surface area contributed by atoms with E-state index in [1.54, 1.807) is 15.9 Å². The summed E-state index contributed by atoms with van der Waals surface area (Å²) in [5.74, 6) is -0.349. The van der Waals surface area contributed by atoms with Crippen molar-refractivity contribution >= 4 is 68.8 Å². The molecule has 2 aromatic carbocycles. The van der Waals surface area contributed by atoms with E-state index in [4.69, 9.17) is 16.3 Å². The Hall–Kier alpha value is -2.85. The van der Waals surface area contributed by atoms with Crippen LogP contribution in [0.5, 0.6) is 0 Å². The van der Waals surface area contributed by atoms with E-state index >= 15 is 0 Å². The maximum Gasteiger partial charge on any atom is 0.307 e. The third-order valence-electron chi connectivity index (χ3n) is 5.82. The van der Waals surface area contributed by atoms with Gasteiger partial charge in [0.15, 0.2) is 12.7 Å². The van der Waals surface area contributed by atoms with E-state index in [-0.39, 0.29) is 24.5 Å². The summed E-state index contributed by atoms with van der Waals surface area (Å²) in [4.78, 5) is 28.6. The van der Waals surface area contributed by atoms with Crippen LogP contribution in [0.15, 0.2) is 69.8 Å². The van der Waals surface area contributed by atoms with Crippen LogP contribution in [0.1, 0.15) is 17.0 Å². The maximum absolute atomic E-state index is 13.7. The fourth-order valence-electron chi connectivity index (χ4n) is 3.96. The van der Waals surface area contributed by atoms with Gasteiger partial charge in [0.1, 0.15) is 14.2 Å². The van der Waals surface area contributed by atoms with Crippen LogP contribution in [0.3, 0.4) is 0 Å². The second kappa shape index (κ2) is 10.6. The Morgan fingerprint density at radius 3 is 2.78 bits per heavy atom. The molecule has 1 aliphatic heterocycles. The summed E-state index contributed by atoms with van der Waals surface area (Å²) in [6.45, 7) is 0.977. The summed E-state index contributed by atoms with van der Waals surface area (Å²) >= 11 is 10.8. The molecular formula is C26H23ClN3O3S3+. The van der Waals surface area contributed by atoms with Gasteiger partial charge >= 0.3 is 5.97 Å². The fourth-order valence-corrected chi connectivity index (χ4v) is 7.51. The summed E-state index contributed by atoms with van der Waals surface area (Å²) in [5, 5.41) is 4.57. The third-order valence-corrected chi connectivity index (χ3v) is 9.38. The number of carbonyl (C=O) groups excluding carboxylic acids is 1. The Balaban J connectivity index is 1.62. The van der Waals surface area contributed by atoms with Crippen LogP contribution in [0.2, 0.25) is 5.02 Å². The molecule has 0 bridgehead atoms. The van der Waals surface area contributed by atoms with Gasteiger partial charge in [-0.1, -0.05) is 65.0 Å². The van der Waals surface area contributed by atoms with E-state index in [0.717, 1.165) is 31.8 Å². The van der Waals surface area contributed by atoms with Crippen LogP contribution < -0.4 is 24.2 Å². The van der Waals surface area contributed by atoms with Gasteiger partial charge in [-0.2, -0.15) is 4.57 Å². The quantitative estimate of drug-likeness (QED) is 0.268. The second-order valence-electron chi connectivity index (χ2n) is 8.13. The SMILES string of the molecule is COC(=O)CCn1c(=O)/c(=C2\Sc3cc(Cl)ccc3N2C)s/c1=C\c1scc[n+]1Cc1ccccc1. The molecule has 0 amide bonds. The van der Waals surface area contributed by atoms with Gasteiger partial charge in [-0.05, 0) is 18.2 Å². The average molecular weight is 557 g/mol. The number of carbonyl (C=O) groups is 1. The number of rotatable bonds is 6. The number of hydrogen-bond donors (Lipinski definition) is 0. The number of thioether (sulfide) groups is 1. The lowest BCUT2D eigenvalue weighted by atomic mass is 10.2. The Kier molecular flexibility index (Phi) is 7.34. The first-order valence-corrected chi connectivity index (χ1v) is 14.1. The zero-order valence-corrected chi connectivity index (χ0v) is 22.8. The number of anilines is 1. The third kappa shape index (κ3) is 5.01. The number of thiazole rings is 2. The van der Waals surface area contributed by atoms with Crippen molar-refractivity contribution in [3.63, 3.8) is 0 Å². The highest BCUT2D eigenvalue weighted by Crippen LogP contribution is 2.46. The Morgan fingerprint density at radius 2 is 2.00 bits per heavy atom. The number of esters is 1. The Morgan fingerprint density at radius 1 is 1.19 bits per heavy atom. The van der Waals surface area contributed by atoms with Gasteiger partial charge in [0.2, 0.25) is 0 Å². The van der Waals surface area contributed by atoms with Crippen molar-refractivity contribution in [2.75, 3.05) is 19.1 Å². The van der Waals surface area contributed by atoms with Crippen LogP contribution >= 0.6 is 46.0 Å². The molecule has 0 radical (unpaired) electrons. The van der Waals surface area contributed by atoms with E-state index < -0.39 is 0 Å². The molecule has 0 atom stereocenters. The standard InChI is InChI=1S/C26H23ClN3O3S3/c1-28-19-9-8-18(27)14-20(19)35-26(28)24-25(32)30(11-10-23(31)33-2)22(36-24)15-21-29(12-13-34-21)16-17-6-4-3-5-7-17/h3-9,12-15H,10-11,16H2,1-2H3/q+1/b26-24+. The molecule has 184 valence electrons. The average Bonchev–Trinajstić information content (AvgIpc) is 3.54. The minimum Gasteiger partial charge on any atom is -0.469 e. The largest absolute Gasteiger partial charge is 0.469 e. The van der Waals surface area contributed by atoms with E-state index in [0.29, 0.717) is 9.55 Å². The predicted octanol–water partition coefficient (Wildman–Crippen LogP) is 3.66. The molecule has 0 unspecified atom stereocenters. The summed E-state index contributed by atoms with van der Waals surface area (Å²) < 4.78 is 10.1. The number of fused-ring (bicyclic) bond motifs is 1. The molecule has 6 nitrogen and oxygen atoms in total. The summed E-state index contributed by atoms with van der Waals surface area (Å²) in [7, 11) is 3.31. The molecule has 3 heterocycles. The van der Waals surface area contributed by atoms with Gasteiger partial charge in [0, 0.05) is 29.1 Å². The normalized spacial score (nSPS) is 14.9. The molecule has 36 heavy (non-hydrogen) atoms.